The minimum atomic E-state index is -1.05. The topological polar surface area (TPSA) is 46.5 Å². The molecule has 1 aromatic rings. The molecule has 1 saturated carbocycles. The van der Waals surface area contributed by atoms with Crippen molar-refractivity contribution in [2.75, 3.05) is 0 Å². The smallest absolute Gasteiger partial charge is 0.348 e. The molecule has 2 rings (SSSR count). The van der Waals surface area contributed by atoms with Gasteiger partial charge in [-0.1, -0.05) is 11.6 Å². The van der Waals surface area contributed by atoms with Crippen LogP contribution in [0.25, 0.3) is 0 Å². The Kier molecular flexibility index (Phi) is 3.53. The van der Waals surface area contributed by atoms with Crippen molar-refractivity contribution in [3.63, 3.8) is 0 Å². The van der Waals surface area contributed by atoms with Crippen LogP contribution in [-0.2, 0) is 4.79 Å². The van der Waals surface area contributed by atoms with Gasteiger partial charge in [-0.2, -0.15) is 0 Å². The third-order valence-corrected chi connectivity index (χ3v) is 4.12. The molecule has 1 aliphatic carbocycles. The van der Waals surface area contributed by atoms with E-state index in [9.17, 15) is 9.90 Å². The number of aryl methyl sites for hydroxylation is 2. The van der Waals surface area contributed by atoms with Crippen LogP contribution >= 0.6 is 11.6 Å². The van der Waals surface area contributed by atoms with Crippen LogP contribution in [-0.4, -0.2) is 16.7 Å². The summed E-state index contributed by atoms with van der Waals surface area (Å²) < 4.78 is 5.78. The molecule has 0 radical (unpaired) electrons. The van der Waals surface area contributed by atoms with Gasteiger partial charge in [0.25, 0.3) is 0 Å². The number of hydrogen-bond donors (Lipinski definition) is 1. The zero-order valence-electron chi connectivity index (χ0n) is 10.6. The Morgan fingerprint density at radius 1 is 1.28 bits per heavy atom. The van der Waals surface area contributed by atoms with E-state index in [0.717, 1.165) is 24.0 Å². The minimum absolute atomic E-state index is 0.572. The van der Waals surface area contributed by atoms with Crippen molar-refractivity contribution in [2.24, 2.45) is 0 Å². The molecular formula is C14H17ClO3. The number of rotatable bonds is 3. The predicted octanol–water partition coefficient (Wildman–Crippen LogP) is 3.73. The number of aliphatic carboxylic acids is 1. The van der Waals surface area contributed by atoms with Crippen LogP contribution in [0.5, 0.6) is 5.75 Å². The molecule has 0 aliphatic heterocycles. The molecule has 0 heterocycles. The van der Waals surface area contributed by atoms with Crippen LogP contribution in [0.3, 0.4) is 0 Å². The van der Waals surface area contributed by atoms with E-state index in [-0.39, 0.29) is 0 Å². The molecule has 1 N–H and O–H groups in total. The SMILES string of the molecule is Cc1cc(OC2(C(=O)O)CCCC2)cc(C)c1Cl. The summed E-state index contributed by atoms with van der Waals surface area (Å²) in [6, 6.07) is 3.61. The van der Waals surface area contributed by atoms with Crippen molar-refractivity contribution in [3.8, 4) is 5.75 Å². The van der Waals surface area contributed by atoms with E-state index in [1.165, 1.54) is 0 Å². The van der Waals surface area contributed by atoms with Gasteiger partial charge in [0.05, 0.1) is 0 Å². The van der Waals surface area contributed by atoms with Crippen molar-refractivity contribution in [1.29, 1.82) is 0 Å². The van der Waals surface area contributed by atoms with Crippen LogP contribution in [0.1, 0.15) is 36.8 Å². The summed E-state index contributed by atoms with van der Waals surface area (Å²) in [5, 5.41) is 10.1. The van der Waals surface area contributed by atoms with Gasteiger partial charge in [-0.25, -0.2) is 4.79 Å². The predicted molar refractivity (Wildman–Crippen MR) is 70.4 cm³/mol. The standard InChI is InChI=1S/C14H17ClO3/c1-9-7-11(8-10(2)12(9)15)18-14(13(16)17)5-3-4-6-14/h7-8H,3-6H2,1-2H3,(H,16,17). The second kappa shape index (κ2) is 4.81. The van der Waals surface area contributed by atoms with E-state index in [0.29, 0.717) is 23.6 Å². The number of halogens is 1. The summed E-state index contributed by atoms with van der Waals surface area (Å²) >= 11 is 6.09. The monoisotopic (exact) mass is 268 g/mol. The van der Waals surface area contributed by atoms with Crippen LogP contribution in [0.4, 0.5) is 0 Å². The molecule has 1 fully saturated rings. The molecule has 1 aliphatic rings. The summed E-state index contributed by atoms with van der Waals surface area (Å²) in [5.41, 5.74) is 0.766. The summed E-state index contributed by atoms with van der Waals surface area (Å²) in [7, 11) is 0. The first-order valence-corrected chi connectivity index (χ1v) is 6.51. The van der Waals surface area contributed by atoms with E-state index in [2.05, 4.69) is 0 Å². The maximum atomic E-state index is 11.4. The molecule has 0 unspecified atom stereocenters. The zero-order valence-corrected chi connectivity index (χ0v) is 11.4. The van der Waals surface area contributed by atoms with E-state index < -0.39 is 11.6 Å². The third-order valence-electron chi connectivity index (χ3n) is 3.52. The highest BCUT2D eigenvalue weighted by Gasteiger charge is 2.43. The fraction of sp³-hybridized carbons (Fsp3) is 0.500. The van der Waals surface area contributed by atoms with Gasteiger partial charge in [-0.05, 0) is 62.8 Å². The lowest BCUT2D eigenvalue weighted by atomic mass is 10.0. The number of hydrogen-bond acceptors (Lipinski definition) is 2. The lowest BCUT2D eigenvalue weighted by Gasteiger charge is -2.26. The highest BCUT2D eigenvalue weighted by atomic mass is 35.5. The number of carboxylic acid groups (broad SMARTS) is 1. The average molecular weight is 269 g/mol. The molecule has 1 aromatic carbocycles. The Morgan fingerprint density at radius 2 is 1.78 bits per heavy atom. The molecule has 18 heavy (non-hydrogen) atoms. The largest absolute Gasteiger partial charge is 0.478 e. The molecular weight excluding hydrogens is 252 g/mol. The first kappa shape index (κ1) is 13.2. The Morgan fingerprint density at radius 3 is 2.22 bits per heavy atom. The van der Waals surface area contributed by atoms with Gasteiger partial charge in [-0.3, -0.25) is 0 Å². The molecule has 3 nitrogen and oxygen atoms in total. The van der Waals surface area contributed by atoms with Crippen molar-refractivity contribution >= 4 is 17.6 Å². The van der Waals surface area contributed by atoms with Gasteiger partial charge < -0.3 is 9.84 Å². The molecule has 0 amide bonds. The molecule has 0 saturated heterocycles. The lowest BCUT2D eigenvalue weighted by molar-refractivity contribution is -0.154. The van der Waals surface area contributed by atoms with Gasteiger partial charge in [0.2, 0.25) is 5.60 Å². The van der Waals surface area contributed by atoms with E-state index in [1.54, 1.807) is 12.1 Å². The van der Waals surface area contributed by atoms with E-state index in [1.807, 2.05) is 13.8 Å². The third kappa shape index (κ3) is 2.32. The highest BCUT2D eigenvalue weighted by Crippen LogP contribution is 2.36. The van der Waals surface area contributed by atoms with Crippen molar-refractivity contribution in [2.45, 2.75) is 45.1 Å². The normalized spacial score (nSPS) is 17.7. The lowest BCUT2D eigenvalue weighted by Crippen LogP contribution is -2.41. The number of carbonyl (C=O) groups is 1. The summed E-state index contributed by atoms with van der Waals surface area (Å²) in [6.45, 7) is 3.79. The Balaban J connectivity index is 2.30. The molecule has 0 spiro atoms. The molecule has 0 bridgehead atoms. The Hall–Kier alpha value is -1.22. The van der Waals surface area contributed by atoms with Crippen LogP contribution in [0.2, 0.25) is 5.02 Å². The quantitative estimate of drug-likeness (QED) is 0.908. The van der Waals surface area contributed by atoms with Gasteiger partial charge in [0.15, 0.2) is 0 Å². The first-order valence-electron chi connectivity index (χ1n) is 6.14. The summed E-state index contributed by atoms with van der Waals surface area (Å²) in [4.78, 5) is 11.4. The number of benzene rings is 1. The van der Waals surface area contributed by atoms with Gasteiger partial charge >= 0.3 is 5.97 Å². The number of ether oxygens (including phenoxy) is 1. The fourth-order valence-electron chi connectivity index (χ4n) is 2.50. The van der Waals surface area contributed by atoms with Gasteiger partial charge in [0.1, 0.15) is 5.75 Å². The van der Waals surface area contributed by atoms with E-state index in [4.69, 9.17) is 16.3 Å². The Labute approximate surface area is 112 Å². The van der Waals surface area contributed by atoms with Gasteiger partial charge in [-0.15, -0.1) is 0 Å². The molecule has 98 valence electrons. The maximum absolute atomic E-state index is 11.4. The van der Waals surface area contributed by atoms with Crippen molar-refractivity contribution < 1.29 is 14.6 Å². The zero-order chi connectivity index (χ0) is 13.3. The molecule has 0 atom stereocenters. The minimum Gasteiger partial charge on any atom is -0.478 e. The van der Waals surface area contributed by atoms with E-state index >= 15 is 0 Å². The van der Waals surface area contributed by atoms with Crippen LogP contribution in [0, 0.1) is 13.8 Å². The Bertz CT molecular complexity index is 453. The highest BCUT2D eigenvalue weighted by molar-refractivity contribution is 6.32. The van der Waals surface area contributed by atoms with Crippen molar-refractivity contribution in [3.05, 3.63) is 28.3 Å². The van der Waals surface area contributed by atoms with Crippen LogP contribution in [0.15, 0.2) is 12.1 Å². The average Bonchev–Trinajstić information content (AvgIpc) is 2.75. The first-order chi connectivity index (χ1) is 8.44. The van der Waals surface area contributed by atoms with Crippen LogP contribution < -0.4 is 4.74 Å². The second-order valence-corrected chi connectivity index (χ2v) is 5.36. The fourth-order valence-corrected chi connectivity index (χ4v) is 2.61. The summed E-state index contributed by atoms with van der Waals surface area (Å²) in [6.07, 6.45) is 2.95. The van der Waals surface area contributed by atoms with Gasteiger partial charge in [0, 0.05) is 5.02 Å². The molecule has 4 heteroatoms. The second-order valence-electron chi connectivity index (χ2n) is 4.98. The van der Waals surface area contributed by atoms with Crippen molar-refractivity contribution in [1.82, 2.24) is 0 Å². The summed E-state index contributed by atoms with van der Waals surface area (Å²) in [5.74, 6) is -0.274. The molecule has 0 aromatic heterocycles. The number of carboxylic acids is 1. The maximum Gasteiger partial charge on any atom is 0.348 e.